The summed E-state index contributed by atoms with van der Waals surface area (Å²) in [5.74, 6) is 0. The van der Waals surface area contributed by atoms with E-state index in [9.17, 15) is 4.79 Å². The molecule has 0 spiro atoms. The molecule has 0 saturated heterocycles. The molecule has 0 aromatic carbocycles. The summed E-state index contributed by atoms with van der Waals surface area (Å²) >= 11 is 0. The van der Waals surface area contributed by atoms with Gasteiger partial charge in [0.1, 0.15) is 0 Å². The second-order valence-electron chi connectivity index (χ2n) is 5.67. The number of nitrogens with zero attached hydrogens (tertiary/aromatic N) is 4. The molecular weight excluding hydrogens is 292 g/mol. The van der Waals surface area contributed by atoms with E-state index < -0.39 is 0 Å². The maximum absolute atomic E-state index is 11.7. The van der Waals surface area contributed by atoms with Gasteiger partial charge in [-0.15, -0.1) is 0 Å². The van der Waals surface area contributed by atoms with E-state index in [1.165, 1.54) is 5.69 Å². The van der Waals surface area contributed by atoms with E-state index in [-0.39, 0.29) is 11.7 Å². The van der Waals surface area contributed by atoms with Crippen LogP contribution in [0.5, 0.6) is 0 Å². The van der Waals surface area contributed by atoms with E-state index in [4.69, 9.17) is 0 Å². The van der Waals surface area contributed by atoms with Crippen LogP contribution in [0.25, 0.3) is 0 Å². The Morgan fingerprint density at radius 3 is 2.96 bits per heavy atom. The lowest BCUT2D eigenvalue weighted by atomic mass is 9.99. The van der Waals surface area contributed by atoms with Crippen molar-refractivity contribution in [2.24, 2.45) is 0 Å². The summed E-state index contributed by atoms with van der Waals surface area (Å²) in [6, 6.07) is 5.98. The number of pyridine rings is 1. The van der Waals surface area contributed by atoms with Gasteiger partial charge < -0.3 is 9.97 Å². The molecular formula is C16H18N6O. The SMILES string of the molecule is O=c1[nH]ccn1CCN1CCc2[nH]cnc2C1c1ccccn1. The first-order valence-electron chi connectivity index (χ1n) is 7.74. The van der Waals surface area contributed by atoms with Gasteiger partial charge in [-0.05, 0) is 12.1 Å². The van der Waals surface area contributed by atoms with Crippen LogP contribution < -0.4 is 5.69 Å². The lowest BCUT2D eigenvalue weighted by molar-refractivity contribution is 0.197. The number of H-pyrrole nitrogens is 2. The van der Waals surface area contributed by atoms with Gasteiger partial charge in [0, 0.05) is 50.3 Å². The fourth-order valence-electron chi connectivity index (χ4n) is 3.19. The molecule has 3 aromatic rings. The minimum absolute atomic E-state index is 0.0286. The van der Waals surface area contributed by atoms with Crippen LogP contribution in [0.1, 0.15) is 23.1 Å². The van der Waals surface area contributed by atoms with Crippen molar-refractivity contribution in [3.63, 3.8) is 0 Å². The number of hydrogen-bond acceptors (Lipinski definition) is 4. The molecule has 1 aliphatic rings. The third kappa shape index (κ3) is 2.59. The fraction of sp³-hybridized carbons (Fsp3) is 0.312. The Morgan fingerprint density at radius 1 is 1.22 bits per heavy atom. The predicted octanol–water partition coefficient (Wildman–Crippen LogP) is 0.942. The van der Waals surface area contributed by atoms with Crippen molar-refractivity contribution in [1.82, 2.24) is 29.4 Å². The Hall–Kier alpha value is -2.67. The van der Waals surface area contributed by atoms with Crippen LogP contribution in [-0.2, 0) is 13.0 Å². The third-order valence-corrected chi connectivity index (χ3v) is 4.34. The van der Waals surface area contributed by atoms with Gasteiger partial charge >= 0.3 is 5.69 Å². The number of rotatable bonds is 4. The summed E-state index contributed by atoms with van der Waals surface area (Å²) in [6.07, 6.45) is 7.94. The van der Waals surface area contributed by atoms with Gasteiger partial charge in [0.15, 0.2) is 0 Å². The molecule has 23 heavy (non-hydrogen) atoms. The molecule has 2 N–H and O–H groups in total. The molecule has 7 heteroatoms. The molecule has 7 nitrogen and oxygen atoms in total. The summed E-state index contributed by atoms with van der Waals surface area (Å²) in [4.78, 5) is 28.9. The molecule has 1 unspecified atom stereocenters. The molecule has 0 amide bonds. The topological polar surface area (TPSA) is 82.6 Å². The van der Waals surface area contributed by atoms with Gasteiger partial charge in [-0.3, -0.25) is 14.5 Å². The largest absolute Gasteiger partial charge is 0.348 e. The first-order valence-corrected chi connectivity index (χ1v) is 7.74. The summed E-state index contributed by atoms with van der Waals surface area (Å²) in [6.45, 7) is 2.33. The van der Waals surface area contributed by atoms with Crippen LogP contribution in [0.4, 0.5) is 0 Å². The minimum atomic E-state index is -0.0724. The zero-order valence-corrected chi connectivity index (χ0v) is 12.6. The number of nitrogens with one attached hydrogen (secondary N) is 2. The third-order valence-electron chi connectivity index (χ3n) is 4.34. The molecule has 3 aromatic heterocycles. The van der Waals surface area contributed by atoms with Gasteiger partial charge in [0.05, 0.1) is 23.8 Å². The number of hydrogen-bond donors (Lipinski definition) is 2. The van der Waals surface area contributed by atoms with E-state index >= 15 is 0 Å². The van der Waals surface area contributed by atoms with Crippen molar-refractivity contribution >= 4 is 0 Å². The van der Waals surface area contributed by atoms with Crippen molar-refractivity contribution in [2.75, 3.05) is 13.1 Å². The van der Waals surface area contributed by atoms with Crippen LogP contribution in [0.15, 0.2) is 47.9 Å². The van der Waals surface area contributed by atoms with Crippen LogP contribution in [-0.4, -0.2) is 42.5 Å². The number of imidazole rings is 2. The maximum Gasteiger partial charge on any atom is 0.325 e. The Balaban J connectivity index is 1.63. The molecule has 0 fully saturated rings. The summed E-state index contributed by atoms with van der Waals surface area (Å²) < 4.78 is 1.69. The molecule has 0 bridgehead atoms. The summed E-state index contributed by atoms with van der Waals surface area (Å²) in [5, 5.41) is 0. The van der Waals surface area contributed by atoms with Crippen LogP contribution in [0, 0.1) is 0 Å². The number of fused-ring (bicyclic) bond motifs is 1. The maximum atomic E-state index is 11.7. The normalized spacial score (nSPS) is 18.0. The van der Waals surface area contributed by atoms with E-state index in [1.807, 2.05) is 24.4 Å². The van der Waals surface area contributed by atoms with Gasteiger partial charge in [-0.2, -0.15) is 0 Å². The lowest BCUT2D eigenvalue weighted by Gasteiger charge is -2.34. The molecule has 0 aliphatic carbocycles. The highest BCUT2D eigenvalue weighted by molar-refractivity contribution is 5.28. The summed E-state index contributed by atoms with van der Waals surface area (Å²) in [5.41, 5.74) is 3.13. The molecule has 1 aliphatic heterocycles. The van der Waals surface area contributed by atoms with Gasteiger partial charge in [-0.25, -0.2) is 9.78 Å². The summed E-state index contributed by atoms with van der Waals surface area (Å²) in [7, 11) is 0. The Morgan fingerprint density at radius 2 is 2.17 bits per heavy atom. The molecule has 0 radical (unpaired) electrons. The van der Waals surface area contributed by atoms with E-state index in [0.29, 0.717) is 6.54 Å². The number of aromatic amines is 2. The molecule has 0 saturated carbocycles. The monoisotopic (exact) mass is 310 g/mol. The van der Waals surface area contributed by atoms with E-state index in [1.54, 1.807) is 23.3 Å². The second-order valence-corrected chi connectivity index (χ2v) is 5.67. The van der Waals surface area contributed by atoms with Crippen molar-refractivity contribution in [1.29, 1.82) is 0 Å². The van der Waals surface area contributed by atoms with Crippen LogP contribution in [0.2, 0.25) is 0 Å². The standard InChI is InChI=1S/C16H18N6O/c23-16-18-6-8-22(16)10-9-21-7-4-12-14(20-11-19-12)15(21)13-3-1-2-5-17-13/h1-3,5-6,8,11,15H,4,7,9-10H2,(H,18,23)(H,19,20). The quantitative estimate of drug-likeness (QED) is 0.751. The first kappa shape index (κ1) is 14.0. The van der Waals surface area contributed by atoms with Crippen molar-refractivity contribution in [3.8, 4) is 0 Å². The molecule has 1 atom stereocenters. The predicted molar refractivity (Wildman–Crippen MR) is 85.0 cm³/mol. The average Bonchev–Trinajstić information content (AvgIpc) is 3.21. The van der Waals surface area contributed by atoms with Gasteiger partial charge in [0.2, 0.25) is 0 Å². The molecule has 4 rings (SSSR count). The highest BCUT2D eigenvalue weighted by atomic mass is 16.1. The van der Waals surface area contributed by atoms with E-state index in [0.717, 1.165) is 30.9 Å². The van der Waals surface area contributed by atoms with Crippen LogP contribution >= 0.6 is 0 Å². The van der Waals surface area contributed by atoms with Gasteiger partial charge in [0.25, 0.3) is 0 Å². The van der Waals surface area contributed by atoms with Crippen molar-refractivity contribution < 1.29 is 0 Å². The average molecular weight is 310 g/mol. The molecule has 118 valence electrons. The van der Waals surface area contributed by atoms with Crippen molar-refractivity contribution in [2.45, 2.75) is 19.0 Å². The second kappa shape index (κ2) is 5.85. The Bertz CT molecular complexity index is 833. The first-order chi connectivity index (χ1) is 11.3. The highest BCUT2D eigenvalue weighted by Gasteiger charge is 2.31. The van der Waals surface area contributed by atoms with E-state index in [2.05, 4.69) is 24.8 Å². The highest BCUT2D eigenvalue weighted by Crippen LogP contribution is 2.31. The zero-order chi connectivity index (χ0) is 15.6. The van der Waals surface area contributed by atoms with Crippen molar-refractivity contribution in [3.05, 3.63) is 70.7 Å². The fourth-order valence-corrected chi connectivity index (χ4v) is 3.19. The minimum Gasteiger partial charge on any atom is -0.348 e. The van der Waals surface area contributed by atoms with Crippen LogP contribution in [0.3, 0.4) is 0 Å². The Labute approximate surface area is 133 Å². The lowest BCUT2D eigenvalue weighted by Crippen LogP contribution is -2.39. The molecule has 4 heterocycles. The van der Waals surface area contributed by atoms with Gasteiger partial charge in [-0.1, -0.05) is 6.07 Å². The zero-order valence-electron chi connectivity index (χ0n) is 12.6. The number of aromatic nitrogens is 5. The Kier molecular flexibility index (Phi) is 3.55. The smallest absolute Gasteiger partial charge is 0.325 e.